The molecule has 0 saturated carbocycles. The van der Waals surface area contributed by atoms with Crippen molar-refractivity contribution in [3.05, 3.63) is 16.1 Å². The maximum atomic E-state index is 4.42. The van der Waals surface area contributed by atoms with Crippen LogP contribution in [0.5, 0.6) is 0 Å². The maximum Gasteiger partial charge on any atom is 0.107 e. The first-order chi connectivity index (χ1) is 7.90. The van der Waals surface area contributed by atoms with Crippen LogP contribution in [0.2, 0.25) is 0 Å². The Balaban J connectivity index is 2.25. The Morgan fingerprint density at radius 2 is 2.12 bits per heavy atom. The number of aryl methyl sites for hydroxylation is 1. The van der Waals surface area contributed by atoms with Gasteiger partial charge in [0, 0.05) is 23.7 Å². The van der Waals surface area contributed by atoms with Crippen LogP contribution in [-0.2, 0) is 13.0 Å². The summed E-state index contributed by atoms with van der Waals surface area (Å²) in [5.74, 6) is 0. The molecule has 1 aromatic heterocycles. The Bertz CT molecular complexity index is 325. The van der Waals surface area contributed by atoms with Crippen LogP contribution in [0.1, 0.15) is 57.3 Å². The first kappa shape index (κ1) is 14.7. The third-order valence-corrected chi connectivity index (χ3v) is 4.02. The molecule has 0 aromatic carbocycles. The van der Waals surface area contributed by atoms with Crippen LogP contribution in [0.25, 0.3) is 0 Å². The van der Waals surface area contributed by atoms with Crippen LogP contribution < -0.4 is 5.32 Å². The molecule has 1 unspecified atom stereocenters. The van der Waals surface area contributed by atoms with E-state index in [0.717, 1.165) is 13.0 Å². The smallest absolute Gasteiger partial charge is 0.107 e. The Morgan fingerprint density at radius 1 is 1.41 bits per heavy atom. The fourth-order valence-corrected chi connectivity index (χ4v) is 2.42. The summed E-state index contributed by atoms with van der Waals surface area (Å²) in [6.45, 7) is 12.3. The standard InChI is InChI=1S/C14H26N2S/c1-6-12-9-16-13(17-12)10-15-11(2)7-8-14(3,4)5/h9,11,15H,6-8,10H2,1-5H3. The van der Waals surface area contributed by atoms with Gasteiger partial charge >= 0.3 is 0 Å². The molecule has 0 fully saturated rings. The second-order valence-electron chi connectivity index (χ2n) is 5.96. The van der Waals surface area contributed by atoms with Gasteiger partial charge in [0.15, 0.2) is 0 Å². The van der Waals surface area contributed by atoms with Gasteiger partial charge in [0.1, 0.15) is 5.01 Å². The summed E-state index contributed by atoms with van der Waals surface area (Å²) in [5, 5.41) is 4.77. The predicted molar refractivity (Wildman–Crippen MR) is 76.5 cm³/mol. The molecule has 0 amide bonds. The van der Waals surface area contributed by atoms with Gasteiger partial charge in [0.2, 0.25) is 0 Å². The summed E-state index contributed by atoms with van der Waals surface area (Å²) in [6, 6.07) is 0.572. The van der Waals surface area contributed by atoms with Crippen LogP contribution in [0, 0.1) is 5.41 Å². The monoisotopic (exact) mass is 254 g/mol. The zero-order valence-corrected chi connectivity index (χ0v) is 12.7. The lowest BCUT2D eigenvalue weighted by atomic mass is 9.89. The minimum Gasteiger partial charge on any atom is -0.308 e. The normalized spacial score (nSPS) is 13.9. The molecular weight excluding hydrogens is 228 g/mol. The zero-order valence-electron chi connectivity index (χ0n) is 11.8. The average molecular weight is 254 g/mol. The molecule has 0 bridgehead atoms. The highest BCUT2D eigenvalue weighted by molar-refractivity contribution is 7.11. The number of aromatic nitrogens is 1. The lowest BCUT2D eigenvalue weighted by Gasteiger charge is -2.21. The second-order valence-corrected chi connectivity index (χ2v) is 7.15. The molecular formula is C14H26N2S. The average Bonchev–Trinajstić information content (AvgIpc) is 2.70. The molecule has 1 heterocycles. The van der Waals surface area contributed by atoms with Crippen LogP contribution in [-0.4, -0.2) is 11.0 Å². The van der Waals surface area contributed by atoms with Gasteiger partial charge in [-0.15, -0.1) is 11.3 Å². The summed E-state index contributed by atoms with van der Waals surface area (Å²) in [7, 11) is 0. The number of thiazole rings is 1. The topological polar surface area (TPSA) is 24.9 Å². The second kappa shape index (κ2) is 6.50. The molecule has 3 heteroatoms. The Labute approximate surface area is 110 Å². The van der Waals surface area contributed by atoms with Gasteiger partial charge in [0.25, 0.3) is 0 Å². The highest BCUT2D eigenvalue weighted by atomic mass is 32.1. The molecule has 0 spiro atoms. The number of hydrogen-bond donors (Lipinski definition) is 1. The summed E-state index contributed by atoms with van der Waals surface area (Å²) in [4.78, 5) is 5.80. The van der Waals surface area contributed by atoms with Crippen molar-refractivity contribution in [2.24, 2.45) is 5.41 Å². The minimum atomic E-state index is 0.437. The molecule has 98 valence electrons. The van der Waals surface area contributed by atoms with Gasteiger partial charge in [-0.25, -0.2) is 4.98 Å². The van der Waals surface area contributed by atoms with Gasteiger partial charge in [-0.1, -0.05) is 27.7 Å². The Morgan fingerprint density at radius 3 is 2.65 bits per heavy atom. The van der Waals surface area contributed by atoms with E-state index in [1.807, 2.05) is 17.5 Å². The van der Waals surface area contributed by atoms with E-state index in [-0.39, 0.29) is 0 Å². The fraction of sp³-hybridized carbons (Fsp3) is 0.786. The molecule has 1 atom stereocenters. The molecule has 1 N–H and O–H groups in total. The Kier molecular flexibility index (Phi) is 5.60. The van der Waals surface area contributed by atoms with Gasteiger partial charge in [-0.2, -0.15) is 0 Å². The highest BCUT2D eigenvalue weighted by Crippen LogP contribution is 2.21. The molecule has 17 heavy (non-hydrogen) atoms. The molecule has 1 rings (SSSR count). The summed E-state index contributed by atoms with van der Waals surface area (Å²) >= 11 is 1.82. The van der Waals surface area contributed by atoms with E-state index in [9.17, 15) is 0 Å². The summed E-state index contributed by atoms with van der Waals surface area (Å²) in [6.07, 6.45) is 5.59. The fourth-order valence-electron chi connectivity index (χ4n) is 1.61. The van der Waals surface area contributed by atoms with Crippen LogP contribution >= 0.6 is 11.3 Å². The van der Waals surface area contributed by atoms with Crippen molar-refractivity contribution < 1.29 is 0 Å². The molecule has 0 radical (unpaired) electrons. The maximum absolute atomic E-state index is 4.42. The van der Waals surface area contributed by atoms with E-state index in [1.165, 1.54) is 22.7 Å². The zero-order chi connectivity index (χ0) is 12.9. The first-order valence-corrected chi connectivity index (χ1v) is 7.39. The van der Waals surface area contributed by atoms with Crippen LogP contribution in [0.4, 0.5) is 0 Å². The van der Waals surface area contributed by atoms with Crippen molar-refractivity contribution in [1.29, 1.82) is 0 Å². The lowest BCUT2D eigenvalue weighted by Crippen LogP contribution is -2.26. The van der Waals surface area contributed by atoms with E-state index < -0.39 is 0 Å². The van der Waals surface area contributed by atoms with Gasteiger partial charge in [-0.05, 0) is 31.6 Å². The lowest BCUT2D eigenvalue weighted by molar-refractivity contribution is 0.336. The van der Waals surface area contributed by atoms with Gasteiger partial charge in [0.05, 0.1) is 0 Å². The van der Waals surface area contributed by atoms with Crippen molar-refractivity contribution in [1.82, 2.24) is 10.3 Å². The van der Waals surface area contributed by atoms with Crippen LogP contribution in [0.3, 0.4) is 0 Å². The number of rotatable bonds is 6. The van der Waals surface area contributed by atoms with Gasteiger partial charge in [-0.3, -0.25) is 0 Å². The van der Waals surface area contributed by atoms with E-state index in [1.54, 1.807) is 0 Å². The van der Waals surface area contributed by atoms with Crippen LogP contribution in [0.15, 0.2) is 6.20 Å². The van der Waals surface area contributed by atoms with E-state index in [0.29, 0.717) is 11.5 Å². The number of nitrogens with zero attached hydrogens (tertiary/aromatic N) is 1. The third-order valence-electron chi connectivity index (χ3n) is 2.88. The summed E-state index contributed by atoms with van der Waals surface area (Å²) in [5.41, 5.74) is 0.437. The largest absolute Gasteiger partial charge is 0.308 e. The highest BCUT2D eigenvalue weighted by Gasteiger charge is 2.12. The molecule has 2 nitrogen and oxygen atoms in total. The Hall–Kier alpha value is -0.410. The van der Waals surface area contributed by atoms with E-state index >= 15 is 0 Å². The number of nitrogens with one attached hydrogen (secondary N) is 1. The molecule has 1 aromatic rings. The molecule has 0 saturated heterocycles. The minimum absolute atomic E-state index is 0.437. The quantitative estimate of drug-likeness (QED) is 0.829. The first-order valence-electron chi connectivity index (χ1n) is 6.57. The van der Waals surface area contributed by atoms with Crippen molar-refractivity contribution in [3.63, 3.8) is 0 Å². The summed E-state index contributed by atoms with van der Waals surface area (Å²) < 4.78 is 0. The molecule has 0 aliphatic carbocycles. The SMILES string of the molecule is CCc1cnc(CNC(C)CCC(C)(C)C)s1. The van der Waals surface area contributed by atoms with Crippen molar-refractivity contribution in [2.45, 2.75) is 66.5 Å². The van der Waals surface area contributed by atoms with Gasteiger partial charge < -0.3 is 5.32 Å². The van der Waals surface area contributed by atoms with E-state index in [4.69, 9.17) is 0 Å². The molecule has 0 aliphatic heterocycles. The number of hydrogen-bond acceptors (Lipinski definition) is 3. The van der Waals surface area contributed by atoms with Crippen molar-refractivity contribution in [2.75, 3.05) is 0 Å². The predicted octanol–water partition coefficient (Wildman–Crippen LogP) is 4.01. The van der Waals surface area contributed by atoms with E-state index in [2.05, 4.69) is 44.9 Å². The van der Waals surface area contributed by atoms with Crippen molar-refractivity contribution in [3.8, 4) is 0 Å². The molecule has 0 aliphatic rings. The van der Waals surface area contributed by atoms with Crippen molar-refractivity contribution >= 4 is 11.3 Å². The third kappa shape index (κ3) is 6.18.